The third kappa shape index (κ3) is 5.48. The van der Waals surface area contributed by atoms with Crippen LogP contribution in [0.3, 0.4) is 0 Å². The van der Waals surface area contributed by atoms with Crippen LogP contribution < -0.4 is 10.6 Å². The van der Waals surface area contributed by atoms with E-state index in [0.717, 1.165) is 36.4 Å². The van der Waals surface area contributed by atoms with E-state index < -0.39 is 53.5 Å². The number of hydrogen-bond donors (Lipinski definition) is 3. The number of halogens is 5. The summed E-state index contributed by atoms with van der Waals surface area (Å²) in [5, 5.41) is 13.8. The standard InChI is InChI=1S/C17H13F5N2O3/c18-11-5-6-12(19)13(7-11)24-16(27)15(26)23-8-14(25)9-1-3-10(4-2-9)17(20,21)22/h1-7,14,25H,8H2,(H,23,26)(H,24,27). The molecular formula is C17H13F5N2O3. The molecule has 0 spiro atoms. The molecule has 0 aliphatic heterocycles. The second kappa shape index (κ2) is 8.12. The molecule has 2 aromatic rings. The van der Waals surface area contributed by atoms with Gasteiger partial charge in [0.15, 0.2) is 0 Å². The Morgan fingerprint density at radius 1 is 1.00 bits per heavy atom. The average molecular weight is 388 g/mol. The van der Waals surface area contributed by atoms with E-state index in [4.69, 9.17) is 0 Å². The minimum atomic E-state index is -4.53. The topological polar surface area (TPSA) is 78.4 Å². The van der Waals surface area contributed by atoms with E-state index in [2.05, 4.69) is 0 Å². The van der Waals surface area contributed by atoms with Crippen LogP contribution in [0.2, 0.25) is 0 Å². The van der Waals surface area contributed by atoms with Crippen LogP contribution in [0, 0.1) is 11.6 Å². The van der Waals surface area contributed by atoms with Crippen molar-refractivity contribution >= 4 is 17.5 Å². The Bertz CT molecular complexity index is 837. The minimum absolute atomic E-state index is 0.0832. The molecule has 1 unspecified atom stereocenters. The van der Waals surface area contributed by atoms with Gasteiger partial charge in [0.1, 0.15) is 11.6 Å². The summed E-state index contributed by atoms with van der Waals surface area (Å²) in [6, 6.07) is 5.85. The molecule has 0 heterocycles. The van der Waals surface area contributed by atoms with Crippen molar-refractivity contribution in [3.8, 4) is 0 Å². The summed E-state index contributed by atoms with van der Waals surface area (Å²) in [4.78, 5) is 23.3. The smallest absolute Gasteiger partial charge is 0.387 e. The molecule has 2 rings (SSSR count). The predicted molar refractivity (Wildman–Crippen MR) is 84.4 cm³/mol. The van der Waals surface area contributed by atoms with Crippen LogP contribution in [0.4, 0.5) is 27.6 Å². The summed E-state index contributed by atoms with van der Waals surface area (Å²) < 4.78 is 63.9. The van der Waals surface area contributed by atoms with Gasteiger partial charge in [0, 0.05) is 12.6 Å². The summed E-state index contributed by atoms with van der Waals surface area (Å²) in [5.41, 5.74) is -1.36. The molecule has 0 aromatic heterocycles. The first-order valence-electron chi connectivity index (χ1n) is 7.47. The van der Waals surface area contributed by atoms with E-state index in [1.54, 1.807) is 0 Å². The number of amides is 2. The van der Waals surface area contributed by atoms with Crippen molar-refractivity contribution in [3.05, 3.63) is 65.2 Å². The van der Waals surface area contributed by atoms with Crippen molar-refractivity contribution < 1.29 is 36.6 Å². The van der Waals surface area contributed by atoms with Crippen LogP contribution in [-0.2, 0) is 15.8 Å². The number of nitrogens with one attached hydrogen (secondary N) is 2. The third-order valence-corrected chi connectivity index (χ3v) is 3.46. The van der Waals surface area contributed by atoms with Crippen molar-refractivity contribution in [2.75, 3.05) is 11.9 Å². The lowest BCUT2D eigenvalue weighted by Crippen LogP contribution is -2.37. The Labute approximate surface area is 149 Å². The van der Waals surface area contributed by atoms with Gasteiger partial charge in [-0.1, -0.05) is 12.1 Å². The van der Waals surface area contributed by atoms with Gasteiger partial charge in [-0.25, -0.2) is 8.78 Å². The number of anilines is 1. The van der Waals surface area contributed by atoms with Gasteiger partial charge in [-0.15, -0.1) is 0 Å². The monoisotopic (exact) mass is 388 g/mol. The predicted octanol–water partition coefficient (Wildman–Crippen LogP) is 2.77. The maximum absolute atomic E-state index is 13.4. The maximum Gasteiger partial charge on any atom is 0.416 e. The summed E-state index contributed by atoms with van der Waals surface area (Å²) in [6.07, 6.45) is -5.91. The number of aliphatic hydroxyl groups is 1. The molecule has 0 aliphatic carbocycles. The molecule has 0 saturated heterocycles. The fourth-order valence-electron chi connectivity index (χ4n) is 2.05. The second-order valence-corrected chi connectivity index (χ2v) is 5.42. The third-order valence-electron chi connectivity index (χ3n) is 3.46. The largest absolute Gasteiger partial charge is 0.416 e. The van der Waals surface area contributed by atoms with E-state index in [1.807, 2.05) is 10.6 Å². The van der Waals surface area contributed by atoms with Crippen LogP contribution in [0.1, 0.15) is 17.2 Å². The van der Waals surface area contributed by atoms with Crippen LogP contribution in [0.15, 0.2) is 42.5 Å². The number of carbonyl (C=O) groups excluding carboxylic acids is 2. The molecular weight excluding hydrogens is 375 g/mol. The molecule has 2 aromatic carbocycles. The van der Waals surface area contributed by atoms with Gasteiger partial charge in [0.25, 0.3) is 0 Å². The van der Waals surface area contributed by atoms with Gasteiger partial charge in [0.05, 0.1) is 17.4 Å². The highest BCUT2D eigenvalue weighted by atomic mass is 19.4. The number of rotatable bonds is 4. The highest BCUT2D eigenvalue weighted by molar-refractivity contribution is 6.39. The fourth-order valence-corrected chi connectivity index (χ4v) is 2.05. The molecule has 0 radical (unpaired) electrons. The van der Waals surface area contributed by atoms with Gasteiger partial charge in [0.2, 0.25) is 0 Å². The molecule has 0 bridgehead atoms. The normalized spacial score (nSPS) is 12.4. The lowest BCUT2D eigenvalue weighted by atomic mass is 10.1. The van der Waals surface area contributed by atoms with Crippen LogP contribution >= 0.6 is 0 Å². The quantitative estimate of drug-likeness (QED) is 0.557. The first-order valence-corrected chi connectivity index (χ1v) is 7.47. The zero-order valence-corrected chi connectivity index (χ0v) is 13.5. The minimum Gasteiger partial charge on any atom is -0.387 e. The number of alkyl halides is 3. The number of aliphatic hydroxyl groups excluding tert-OH is 1. The van der Waals surface area contributed by atoms with Gasteiger partial charge < -0.3 is 15.7 Å². The zero-order chi connectivity index (χ0) is 20.2. The van der Waals surface area contributed by atoms with E-state index in [-0.39, 0.29) is 5.56 Å². The van der Waals surface area contributed by atoms with E-state index in [9.17, 15) is 36.6 Å². The van der Waals surface area contributed by atoms with Crippen LogP contribution in [0.5, 0.6) is 0 Å². The average Bonchev–Trinajstić information content (AvgIpc) is 2.61. The van der Waals surface area contributed by atoms with Crippen molar-refractivity contribution in [2.45, 2.75) is 12.3 Å². The molecule has 27 heavy (non-hydrogen) atoms. The highest BCUT2D eigenvalue weighted by Crippen LogP contribution is 2.29. The molecule has 144 valence electrons. The molecule has 2 amide bonds. The molecule has 0 fully saturated rings. The second-order valence-electron chi connectivity index (χ2n) is 5.42. The van der Waals surface area contributed by atoms with Crippen molar-refractivity contribution in [3.63, 3.8) is 0 Å². The molecule has 0 saturated carbocycles. The number of carbonyl (C=O) groups is 2. The Morgan fingerprint density at radius 3 is 2.22 bits per heavy atom. The SMILES string of the molecule is O=C(NCC(O)c1ccc(C(F)(F)F)cc1)C(=O)Nc1cc(F)ccc1F. The molecule has 1 atom stereocenters. The van der Waals surface area contributed by atoms with Crippen molar-refractivity contribution in [2.24, 2.45) is 0 Å². The summed E-state index contributed by atoms with van der Waals surface area (Å²) in [7, 11) is 0. The van der Waals surface area contributed by atoms with Gasteiger partial charge in [-0.05, 0) is 29.8 Å². The zero-order valence-electron chi connectivity index (χ0n) is 13.5. The number of hydrogen-bond acceptors (Lipinski definition) is 3. The van der Waals surface area contributed by atoms with Crippen LogP contribution in [-0.4, -0.2) is 23.5 Å². The molecule has 0 aliphatic rings. The lowest BCUT2D eigenvalue weighted by molar-refractivity contribution is -0.137. The molecule has 3 N–H and O–H groups in total. The van der Waals surface area contributed by atoms with Gasteiger partial charge in [-0.2, -0.15) is 13.2 Å². The Morgan fingerprint density at radius 2 is 1.63 bits per heavy atom. The van der Waals surface area contributed by atoms with Crippen LogP contribution in [0.25, 0.3) is 0 Å². The van der Waals surface area contributed by atoms with Gasteiger partial charge >= 0.3 is 18.0 Å². The number of benzene rings is 2. The van der Waals surface area contributed by atoms with E-state index in [0.29, 0.717) is 6.07 Å². The van der Waals surface area contributed by atoms with Crippen molar-refractivity contribution in [1.82, 2.24) is 5.32 Å². The maximum atomic E-state index is 13.4. The first-order chi connectivity index (χ1) is 12.6. The van der Waals surface area contributed by atoms with Crippen molar-refractivity contribution in [1.29, 1.82) is 0 Å². The van der Waals surface area contributed by atoms with E-state index in [1.165, 1.54) is 0 Å². The van der Waals surface area contributed by atoms with E-state index >= 15 is 0 Å². The Kier molecular flexibility index (Phi) is 6.11. The first kappa shape index (κ1) is 20.3. The van der Waals surface area contributed by atoms with Gasteiger partial charge in [-0.3, -0.25) is 9.59 Å². The Hall–Kier alpha value is -3.01. The molecule has 10 heteroatoms. The lowest BCUT2D eigenvalue weighted by Gasteiger charge is -2.14. The summed E-state index contributed by atoms with van der Waals surface area (Å²) >= 11 is 0. The fraction of sp³-hybridized carbons (Fsp3) is 0.176. The Balaban J connectivity index is 1.92. The summed E-state index contributed by atoms with van der Waals surface area (Å²) in [5.74, 6) is -4.34. The highest BCUT2D eigenvalue weighted by Gasteiger charge is 2.30. The molecule has 5 nitrogen and oxygen atoms in total. The summed E-state index contributed by atoms with van der Waals surface area (Å²) in [6.45, 7) is -0.483.